The summed E-state index contributed by atoms with van der Waals surface area (Å²) in [4.78, 5) is 25.9. The van der Waals surface area contributed by atoms with E-state index in [0.29, 0.717) is 35.0 Å². The van der Waals surface area contributed by atoms with Gasteiger partial charge in [0.25, 0.3) is 6.01 Å². The van der Waals surface area contributed by atoms with E-state index in [4.69, 9.17) is 9.15 Å². The molecule has 2 aromatic heterocycles. The molecule has 1 aliphatic carbocycles. The van der Waals surface area contributed by atoms with E-state index in [9.17, 15) is 18.0 Å². The third-order valence-corrected chi connectivity index (χ3v) is 7.93. The lowest BCUT2D eigenvalue weighted by Crippen LogP contribution is -2.39. The predicted molar refractivity (Wildman–Crippen MR) is 158 cm³/mol. The van der Waals surface area contributed by atoms with Gasteiger partial charge in [-0.3, -0.25) is 5.32 Å². The van der Waals surface area contributed by atoms with E-state index in [1.54, 1.807) is 12.3 Å². The fourth-order valence-corrected chi connectivity index (χ4v) is 6.04. The number of piperidine rings is 1. The van der Waals surface area contributed by atoms with Crippen molar-refractivity contribution in [2.24, 2.45) is 11.8 Å². The Morgan fingerprint density at radius 1 is 1.05 bits per heavy atom. The maximum absolute atomic E-state index is 12.9. The molecular formula is C31H39F3N6O3. The van der Waals surface area contributed by atoms with Crippen molar-refractivity contribution in [1.82, 2.24) is 15.0 Å². The molecule has 2 N–H and O–H groups in total. The van der Waals surface area contributed by atoms with E-state index in [0.717, 1.165) is 57.2 Å². The van der Waals surface area contributed by atoms with Crippen LogP contribution in [0.3, 0.4) is 0 Å². The molecule has 5 rings (SSSR count). The zero-order valence-corrected chi connectivity index (χ0v) is 24.8. The molecule has 2 aliphatic rings. The Balaban J connectivity index is 1.19. The van der Waals surface area contributed by atoms with Crippen LogP contribution >= 0.6 is 0 Å². The number of nitrogens with one attached hydrogen (secondary N) is 2. The van der Waals surface area contributed by atoms with Gasteiger partial charge in [-0.1, -0.05) is 25.0 Å². The van der Waals surface area contributed by atoms with Gasteiger partial charge < -0.3 is 19.4 Å². The zero-order chi connectivity index (χ0) is 30.6. The minimum Gasteiger partial charge on any atom is -0.444 e. The maximum Gasteiger partial charge on any atom is 0.451 e. The lowest BCUT2D eigenvalue weighted by molar-refractivity contribution is -0.145. The van der Waals surface area contributed by atoms with Gasteiger partial charge in [0, 0.05) is 30.4 Å². The van der Waals surface area contributed by atoms with Gasteiger partial charge in [-0.2, -0.15) is 13.2 Å². The number of oxazole rings is 1. The van der Waals surface area contributed by atoms with E-state index in [2.05, 4.69) is 30.5 Å². The third kappa shape index (κ3) is 8.39. The Morgan fingerprint density at radius 2 is 1.81 bits per heavy atom. The smallest absolute Gasteiger partial charge is 0.444 e. The molecule has 1 aromatic carbocycles. The number of hydrogen-bond donors (Lipinski definition) is 2. The number of carbonyl (C=O) groups excluding carboxylic acids is 1. The summed E-state index contributed by atoms with van der Waals surface area (Å²) < 4.78 is 50.1. The first-order chi connectivity index (χ1) is 20.4. The molecule has 3 aromatic rings. The van der Waals surface area contributed by atoms with E-state index in [1.165, 1.54) is 18.8 Å². The van der Waals surface area contributed by atoms with Crippen molar-refractivity contribution in [3.05, 3.63) is 48.7 Å². The molecule has 43 heavy (non-hydrogen) atoms. The van der Waals surface area contributed by atoms with Crippen molar-refractivity contribution in [1.29, 1.82) is 0 Å². The first kappa shape index (κ1) is 30.6. The predicted octanol–water partition coefficient (Wildman–Crippen LogP) is 7.77. The molecule has 12 heteroatoms. The third-order valence-electron chi connectivity index (χ3n) is 7.93. The number of carbonyl (C=O) groups is 1. The lowest BCUT2D eigenvalue weighted by Gasteiger charge is -2.38. The van der Waals surface area contributed by atoms with Crippen molar-refractivity contribution in [3.63, 3.8) is 0 Å². The van der Waals surface area contributed by atoms with Gasteiger partial charge >= 0.3 is 12.3 Å². The van der Waals surface area contributed by atoms with Gasteiger partial charge in [0.2, 0.25) is 5.82 Å². The second-order valence-corrected chi connectivity index (χ2v) is 12.5. The van der Waals surface area contributed by atoms with Gasteiger partial charge in [0.15, 0.2) is 5.76 Å². The first-order valence-corrected chi connectivity index (χ1v) is 14.9. The topological polar surface area (TPSA) is 105 Å². The highest BCUT2D eigenvalue weighted by Crippen LogP contribution is 2.36. The molecule has 1 aliphatic heterocycles. The van der Waals surface area contributed by atoms with Crippen LogP contribution in [0.1, 0.15) is 71.5 Å². The monoisotopic (exact) mass is 600 g/mol. The maximum atomic E-state index is 12.9. The summed E-state index contributed by atoms with van der Waals surface area (Å²) in [6.07, 6.45) is 6.66. The number of rotatable bonds is 7. The Hall–Kier alpha value is -3.83. The summed E-state index contributed by atoms with van der Waals surface area (Å²) >= 11 is 0. The summed E-state index contributed by atoms with van der Waals surface area (Å²) in [5, 5.41) is 6.29. The average molecular weight is 601 g/mol. The molecule has 9 nitrogen and oxygen atoms in total. The minimum atomic E-state index is -4.54. The standard InChI is InChI=1S/C31H39F3N6O3/c1-30(2,3)43-29(41)38-23-11-6-10-22(15-23)26-18-37-28(42-26)39-25-12-5-4-9-21(25)14-20-8-7-13-40(19-20)24-16-35-27(36-17-24)31(32,33)34/h6,10-11,15-18,20-21,25H,4-5,7-9,12-14,19H2,1-3H3,(H,37,39)(H,38,41)/t20-,21+,25-/m1/s1. The SMILES string of the molecule is CC(C)(C)OC(=O)Nc1cccc(-c2cnc(N[C@@H]3CCCC[C@H]3C[C@H]3CCCN(c4cnc(C(F)(F)F)nc4)C3)o2)c1. The Morgan fingerprint density at radius 3 is 2.56 bits per heavy atom. The van der Waals surface area contributed by atoms with Crippen LogP contribution in [0.2, 0.25) is 0 Å². The first-order valence-electron chi connectivity index (χ1n) is 14.9. The molecular weight excluding hydrogens is 561 g/mol. The van der Waals surface area contributed by atoms with Crippen molar-refractivity contribution in [2.75, 3.05) is 28.6 Å². The van der Waals surface area contributed by atoms with Gasteiger partial charge in [-0.15, -0.1) is 0 Å². The number of ether oxygens (including phenoxy) is 1. The van der Waals surface area contributed by atoms with Crippen molar-refractivity contribution in [2.45, 2.75) is 83.5 Å². The fourth-order valence-electron chi connectivity index (χ4n) is 6.04. The highest BCUT2D eigenvalue weighted by molar-refractivity contribution is 5.86. The van der Waals surface area contributed by atoms with Gasteiger partial charge in [0.1, 0.15) is 5.60 Å². The summed E-state index contributed by atoms with van der Waals surface area (Å²) in [7, 11) is 0. The van der Waals surface area contributed by atoms with Gasteiger partial charge in [-0.25, -0.2) is 19.7 Å². The molecule has 3 atom stereocenters. The molecule has 0 unspecified atom stereocenters. The fraction of sp³-hybridized carbons (Fsp3) is 0.548. The van der Waals surface area contributed by atoms with Crippen LogP contribution in [-0.2, 0) is 10.9 Å². The highest BCUT2D eigenvalue weighted by atomic mass is 19.4. The lowest BCUT2D eigenvalue weighted by atomic mass is 9.77. The van der Waals surface area contributed by atoms with Crippen LogP contribution in [0.4, 0.5) is 35.4 Å². The van der Waals surface area contributed by atoms with Crippen molar-refractivity contribution >= 4 is 23.5 Å². The summed E-state index contributed by atoms with van der Waals surface area (Å²) in [5.74, 6) is 0.327. The van der Waals surface area contributed by atoms with Crippen LogP contribution in [0.25, 0.3) is 11.3 Å². The van der Waals surface area contributed by atoms with Crippen molar-refractivity contribution in [3.8, 4) is 11.3 Å². The molecule has 0 spiro atoms. The quantitative estimate of drug-likeness (QED) is 0.283. The number of nitrogens with zero attached hydrogens (tertiary/aromatic N) is 4. The molecule has 232 valence electrons. The summed E-state index contributed by atoms with van der Waals surface area (Å²) in [6.45, 7) is 6.99. The molecule has 1 amide bonds. The molecule has 2 fully saturated rings. The van der Waals surface area contributed by atoms with Crippen molar-refractivity contribution < 1.29 is 27.1 Å². The van der Waals surface area contributed by atoms with E-state index in [1.807, 2.05) is 39.0 Å². The minimum absolute atomic E-state index is 0.213. The molecule has 0 radical (unpaired) electrons. The number of alkyl halides is 3. The number of amides is 1. The second kappa shape index (κ2) is 12.8. The largest absolute Gasteiger partial charge is 0.451 e. The average Bonchev–Trinajstić information content (AvgIpc) is 3.42. The zero-order valence-electron chi connectivity index (χ0n) is 24.8. The molecule has 3 heterocycles. The Kier molecular flexibility index (Phi) is 9.12. The second-order valence-electron chi connectivity index (χ2n) is 12.5. The van der Waals surface area contributed by atoms with Crippen LogP contribution in [-0.4, -0.2) is 45.8 Å². The van der Waals surface area contributed by atoms with E-state index in [-0.39, 0.29) is 6.04 Å². The number of aromatic nitrogens is 3. The number of anilines is 3. The van der Waals surface area contributed by atoms with Crippen LogP contribution < -0.4 is 15.5 Å². The number of benzene rings is 1. The Bertz CT molecular complexity index is 1370. The van der Waals surface area contributed by atoms with E-state index < -0.39 is 23.7 Å². The number of halogens is 3. The van der Waals surface area contributed by atoms with Crippen LogP contribution in [0, 0.1) is 11.8 Å². The molecule has 0 bridgehead atoms. The summed E-state index contributed by atoms with van der Waals surface area (Å²) in [5.41, 5.74) is 1.41. The van der Waals surface area contributed by atoms with Gasteiger partial charge in [0.05, 0.1) is 24.3 Å². The molecule has 1 saturated carbocycles. The normalized spacial score (nSPS) is 21.3. The molecule has 1 saturated heterocycles. The number of hydrogen-bond acceptors (Lipinski definition) is 8. The van der Waals surface area contributed by atoms with Crippen LogP contribution in [0.15, 0.2) is 47.3 Å². The van der Waals surface area contributed by atoms with Gasteiger partial charge in [-0.05, 0) is 76.8 Å². The highest BCUT2D eigenvalue weighted by Gasteiger charge is 2.35. The van der Waals surface area contributed by atoms with E-state index >= 15 is 0 Å². The summed E-state index contributed by atoms with van der Waals surface area (Å²) in [6, 6.07) is 8.00. The van der Waals surface area contributed by atoms with Crippen LogP contribution in [0.5, 0.6) is 0 Å². The Labute approximate surface area is 249 Å².